The molecule has 0 unspecified atom stereocenters. The molecule has 0 aliphatic rings. The van der Waals surface area contributed by atoms with Crippen LogP contribution in [0.15, 0.2) is 41.1 Å². The second-order valence-electron chi connectivity index (χ2n) is 2.63. The summed E-state index contributed by atoms with van der Waals surface area (Å²) in [7, 11) is 0. The molecule has 0 bridgehead atoms. The van der Waals surface area contributed by atoms with Gasteiger partial charge in [-0.1, -0.05) is 6.07 Å². The fourth-order valence-electron chi connectivity index (χ4n) is 1.02. The van der Waals surface area contributed by atoms with Crippen LogP contribution < -0.4 is 10.5 Å². The fourth-order valence-corrected chi connectivity index (χ4v) is 1.58. The Morgan fingerprint density at radius 2 is 2.08 bits per heavy atom. The molecule has 0 fully saturated rings. The SMILES string of the molecule is Nc1cccc(Oc2ccsc2)c1. The van der Waals surface area contributed by atoms with E-state index in [2.05, 4.69) is 0 Å². The smallest absolute Gasteiger partial charge is 0.138 e. The molecule has 0 aliphatic carbocycles. The molecule has 2 aromatic rings. The van der Waals surface area contributed by atoms with E-state index in [1.807, 2.05) is 35.0 Å². The zero-order valence-electron chi connectivity index (χ0n) is 6.94. The van der Waals surface area contributed by atoms with E-state index in [0.717, 1.165) is 11.5 Å². The Hall–Kier alpha value is -1.48. The fraction of sp³-hybridized carbons (Fsp3) is 0. The van der Waals surface area contributed by atoms with E-state index in [-0.39, 0.29) is 0 Å². The number of ether oxygens (including phenoxy) is 1. The van der Waals surface area contributed by atoms with E-state index in [1.165, 1.54) is 0 Å². The second-order valence-corrected chi connectivity index (χ2v) is 3.41. The topological polar surface area (TPSA) is 35.2 Å². The van der Waals surface area contributed by atoms with Crippen molar-refractivity contribution in [3.05, 3.63) is 41.1 Å². The van der Waals surface area contributed by atoms with Crippen LogP contribution in [0, 0.1) is 0 Å². The van der Waals surface area contributed by atoms with E-state index in [4.69, 9.17) is 10.5 Å². The first-order chi connectivity index (χ1) is 6.34. The van der Waals surface area contributed by atoms with Gasteiger partial charge < -0.3 is 10.5 Å². The number of nitrogens with two attached hydrogens (primary N) is 1. The van der Waals surface area contributed by atoms with E-state index in [1.54, 1.807) is 17.4 Å². The van der Waals surface area contributed by atoms with Crippen molar-refractivity contribution in [2.24, 2.45) is 0 Å². The van der Waals surface area contributed by atoms with Gasteiger partial charge in [0.2, 0.25) is 0 Å². The maximum atomic E-state index is 5.61. The van der Waals surface area contributed by atoms with Crippen LogP contribution >= 0.6 is 11.3 Å². The minimum atomic E-state index is 0.715. The van der Waals surface area contributed by atoms with Crippen molar-refractivity contribution in [2.45, 2.75) is 0 Å². The Labute approximate surface area is 80.6 Å². The first-order valence-corrected chi connectivity index (χ1v) is 4.84. The molecule has 0 amide bonds. The van der Waals surface area contributed by atoms with Crippen molar-refractivity contribution in [1.82, 2.24) is 0 Å². The summed E-state index contributed by atoms with van der Waals surface area (Å²) in [6, 6.07) is 9.32. The number of rotatable bonds is 2. The Morgan fingerprint density at radius 3 is 2.77 bits per heavy atom. The highest BCUT2D eigenvalue weighted by Gasteiger charge is 1.96. The maximum Gasteiger partial charge on any atom is 0.138 e. The van der Waals surface area contributed by atoms with Crippen LogP contribution in [0.1, 0.15) is 0 Å². The van der Waals surface area contributed by atoms with Gasteiger partial charge in [0, 0.05) is 17.1 Å². The van der Waals surface area contributed by atoms with E-state index >= 15 is 0 Å². The summed E-state index contributed by atoms with van der Waals surface area (Å²) in [4.78, 5) is 0. The van der Waals surface area contributed by atoms with Gasteiger partial charge >= 0.3 is 0 Å². The van der Waals surface area contributed by atoms with Gasteiger partial charge in [-0.15, -0.1) is 11.3 Å². The first kappa shape index (κ1) is 8.13. The minimum Gasteiger partial charge on any atom is -0.456 e. The third-order valence-electron chi connectivity index (χ3n) is 1.59. The molecule has 0 aliphatic heterocycles. The lowest BCUT2D eigenvalue weighted by molar-refractivity contribution is 0.485. The highest BCUT2D eigenvalue weighted by atomic mass is 32.1. The quantitative estimate of drug-likeness (QED) is 0.740. The molecule has 0 saturated heterocycles. The molecule has 0 saturated carbocycles. The number of nitrogen functional groups attached to an aromatic ring is 1. The molecule has 0 spiro atoms. The third-order valence-corrected chi connectivity index (χ3v) is 2.25. The molecule has 2 rings (SSSR count). The van der Waals surface area contributed by atoms with Crippen LogP contribution in [0.5, 0.6) is 11.5 Å². The van der Waals surface area contributed by atoms with Crippen molar-refractivity contribution in [2.75, 3.05) is 5.73 Å². The summed E-state index contributed by atoms with van der Waals surface area (Å²) in [5.74, 6) is 1.63. The summed E-state index contributed by atoms with van der Waals surface area (Å²) in [6.07, 6.45) is 0. The molecule has 0 radical (unpaired) electrons. The van der Waals surface area contributed by atoms with Crippen LogP contribution in [0.25, 0.3) is 0 Å². The molecule has 66 valence electrons. The molecule has 1 aromatic carbocycles. The number of hydrogen-bond donors (Lipinski definition) is 1. The van der Waals surface area contributed by atoms with Crippen LogP contribution in [-0.2, 0) is 0 Å². The molecule has 2 N–H and O–H groups in total. The van der Waals surface area contributed by atoms with Crippen molar-refractivity contribution in [1.29, 1.82) is 0 Å². The summed E-state index contributed by atoms with van der Waals surface area (Å²) >= 11 is 1.61. The zero-order valence-corrected chi connectivity index (χ0v) is 7.75. The monoisotopic (exact) mass is 191 g/mol. The minimum absolute atomic E-state index is 0.715. The molecule has 1 aromatic heterocycles. The van der Waals surface area contributed by atoms with Gasteiger partial charge in [0.25, 0.3) is 0 Å². The first-order valence-electron chi connectivity index (χ1n) is 3.90. The standard InChI is InChI=1S/C10H9NOS/c11-8-2-1-3-9(6-8)12-10-4-5-13-7-10/h1-7H,11H2. The van der Waals surface area contributed by atoms with E-state index in [9.17, 15) is 0 Å². The summed E-state index contributed by atoms with van der Waals surface area (Å²) < 4.78 is 5.53. The number of hydrogen-bond acceptors (Lipinski definition) is 3. The average molecular weight is 191 g/mol. The highest BCUT2D eigenvalue weighted by Crippen LogP contribution is 2.24. The Morgan fingerprint density at radius 1 is 1.15 bits per heavy atom. The molecular formula is C10H9NOS. The van der Waals surface area contributed by atoms with Gasteiger partial charge in [0.1, 0.15) is 11.5 Å². The average Bonchev–Trinajstić information content (AvgIpc) is 2.57. The molecule has 3 heteroatoms. The predicted octanol–water partition coefficient (Wildman–Crippen LogP) is 3.12. The zero-order chi connectivity index (χ0) is 9.10. The number of anilines is 1. The predicted molar refractivity (Wildman–Crippen MR) is 55.2 cm³/mol. The number of benzene rings is 1. The van der Waals surface area contributed by atoms with Gasteiger partial charge in [0.15, 0.2) is 0 Å². The molecule has 0 atom stereocenters. The summed E-state index contributed by atoms with van der Waals surface area (Å²) in [5.41, 5.74) is 6.33. The lowest BCUT2D eigenvalue weighted by Crippen LogP contribution is -1.86. The van der Waals surface area contributed by atoms with Crippen LogP contribution in [0.3, 0.4) is 0 Å². The van der Waals surface area contributed by atoms with Crippen LogP contribution in [-0.4, -0.2) is 0 Å². The molecule has 2 nitrogen and oxygen atoms in total. The van der Waals surface area contributed by atoms with Crippen molar-refractivity contribution in [3.63, 3.8) is 0 Å². The highest BCUT2D eigenvalue weighted by molar-refractivity contribution is 7.08. The second kappa shape index (κ2) is 3.49. The van der Waals surface area contributed by atoms with E-state index < -0.39 is 0 Å². The van der Waals surface area contributed by atoms with Gasteiger partial charge in [0.05, 0.1) is 0 Å². The van der Waals surface area contributed by atoms with Gasteiger partial charge in [-0.05, 0) is 23.6 Å². The lowest BCUT2D eigenvalue weighted by Gasteiger charge is -2.02. The van der Waals surface area contributed by atoms with Crippen molar-refractivity contribution < 1.29 is 4.74 Å². The van der Waals surface area contributed by atoms with Crippen LogP contribution in [0.4, 0.5) is 5.69 Å². The Bertz CT molecular complexity index is 384. The Balaban J connectivity index is 2.19. The van der Waals surface area contributed by atoms with Gasteiger partial charge in [-0.2, -0.15) is 0 Å². The van der Waals surface area contributed by atoms with Crippen molar-refractivity contribution >= 4 is 17.0 Å². The number of thiophene rings is 1. The molecular weight excluding hydrogens is 182 g/mol. The van der Waals surface area contributed by atoms with Gasteiger partial charge in [-0.25, -0.2) is 0 Å². The maximum absolute atomic E-state index is 5.61. The normalized spacial score (nSPS) is 9.85. The van der Waals surface area contributed by atoms with Crippen molar-refractivity contribution in [3.8, 4) is 11.5 Å². The van der Waals surface area contributed by atoms with Crippen LogP contribution in [0.2, 0.25) is 0 Å². The molecule has 1 heterocycles. The third kappa shape index (κ3) is 2.00. The summed E-state index contributed by atoms with van der Waals surface area (Å²) in [5, 5.41) is 3.92. The van der Waals surface area contributed by atoms with E-state index in [0.29, 0.717) is 5.69 Å². The largest absolute Gasteiger partial charge is 0.456 e. The lowest BCUT2D eigenvalue weighted by atomic mass is 10.3. The van der Waals surface area contributed by atoms with Gasteiger partial charge in [-0.3, -0.25) is 0 Å². The molecule has 13 heavy (non-hydrogen) atoms. The Kier molecular flexibility index (Phi) is 2.19. The summed E-state index contributed by atoms with van der Waals surface area (Å²) in [6.45, 7) is 0.